The van der Waals surface area contributed by atoms with E-state index in [-0.39, 0.29) is 5.56 Å². The molecule has 4 heteroatoms. The highest BCUT2D eigenvalue weighted by atomic mass is 16.1. The number of nitrogens with one attached hydrogen (secondary N) is 2. The molecule has 1 aliphatic rings. The summed E-state index contributed by atoms with van der Waals surface area (Å²) in [7, 11) is 0. The van der Waals surface area contributed by atoms with Gasteiger partial charge in [-0.25, -0.2) is 4.98 Å². The lowest BCUT2D eigenvalue weighted by Crippen LogP contribution is -2.41. The molecule has 2 aromatic rings. The van der Waals surface area contributed by atoms with Crippen molar-refractivity contribution >= 4 is 0 Å². The van der Waals surface area contributed by atoms with Crippen LogP contribution in [0.2, 0.25) is 0 Å². The van der Waals surface area contributed by atoms with Crippen molar-refractivity contribution in [2.24, 2.45) is 0 Å². The van der Waals surface area contributed by atoms with E-state index < -0.39 is 0 Å². The van der Waals surface area contributed by atoms with E-state index in [1.54, 1.807) is 6.20 Å². The van der Waals surface area contributed by atoms with Gasteiger partial charge in [-0.3, -0.25) is 4.79 Å². The second-order valence-corrected chi connectivity index (χ2v) is 4.23. The monoisotopic (exact) mass is 227 g/mol. The Morgan fingerprint density at radius 2 is 1.94 bits per heavy atom. The predicted molar refractivity (Wildman–Crippen MR) is 65.9 cm³/mol. The van der Waals surface area contributed by atoms with Crippen molar-refractivity contribution in [2.45, 2.75) is 5.92 Å². The minimum atomic E-state index is -0.0619. The molecule has 0 amide bonds. The molecule has 1 fully saturated rings. The maximum atomic E-state index is 12.0. The first-order chi connectivity index (χ1) is 8.34. The molecule has 0 atom stereocenters. The van der Waals surface area contributed by atoms with Crippen LogP contribution in [0.1, 0.15) is 11.7 Å². The number of rotatable bonds is 2. The fourth-order valence-corrected chi connectivity index (χ4v) is 1.92. The minimum Gasteiger partial charge on any atom is -0.315 e. The minimum absolute atomic E-state index is 0.0619. The molecule has 0 radical (unpaired) electrons. The summed E-state index contributed by atoms with van der Waals surface area (Å²) in [6.45, 7) is 1.79. The molecule has 86 valence electrons. The molecule has 17 heavy (non-hydrogen) atoms. The van der Waals surface area contributed by atoms with Crippen molar-refractivity contribution in [2.75, 3.05) is 13.1 Å². The zero-order valence-electron chi connectivity index (χ0n) is 9.31. The third-order valence-electron chi connectivity index (χ3n) is 3.07. The maximum Gasteiger partial charge on any atom is 0.258 e. The SMILES string of the molecule is O=c1[nH]c(C2CNC2)ncc1-c1ccccc1. The Morgan fingerprint density at radius 3 is 2.53 bits per heavy atom. The molecule has 1 aromatic heterocycles. The third-order valence-corrected chi connectivity index (χ3v) is 3.07. The van der Waals surface area contributed by atoms with Gasteiger partial charge in [0.05, 0.1) is 5.56 Å². The van der Waals surface area contributed by atoms with Gasteiger partial charge in [0.25, 0.3) is 5.56 Å². The molecular formula is C13H13N3O. The van der Waals surface area contributed by atoms with Gasteiger partial charge in [-0.05, 0) is 5.56 Å². The molecule has 1 aliphatic heterocycles. The zero-order chi connectivity index (χ0) is 11.7. The molecule has 2 heterocycles. The summed E-state index contributed by atoms with van der Waals surface area (Å²) in [6.07, 6.45) is 1.67. The standard InChI is InChI=1S/C13H13N3O/c17-13-11(9-4-2-1-3-5-9)8-15-12(16-13)10-6-14-7-10/h1-5,8,10,14H,6-7H2,(H,15,16,17). The fraction of sp³-hybridized carbons (Fsp3) is 0.231. The lowest BCUT2D eigenvalue weighted by Gasteiger charge is -2.25. The summed E-state index contributed by atoms with van der Waals surface area (Å²) in [4.78, 5) is 19.2. The number of hydrogen-bond donors (Lipinski definition) is 2. The van der Waals surface area contributed by atoms with E-state index in [0.29, 0.717) is 11.5 Å². The Morgan fingerprint density at radius 1 is 1.18 bits per heavy atom. The van der Waals surface area contributed by atoms with Gasteiger partial charge in [0, 0.05) is 25.2 Å². The normalized spacial score (nSPS) is 15.5. The highest BCUT2D eigenvalue weighted by Crippen LogP contribution is 2.17. The van der Waals surface area contributed by atoms with Crippen LogP contribution in [-0.2, 0) is 0 Å². The zero-order valence-corrected chi connectivity index (χ0v) is 9.31. The van der Waals surface area contributed by atoms with E-state index in [1.165, 1.54) is 0 Å². The summed E-state index contributed by atoms with van der Waals surface area (Å²) in [6, 6.07) is 9.59. The predicted octanol–water partition coefficient (Wildman–Crippen LogP) is 1.12. The van der Waals surface area contributed by atoms with Gasteiger partial charge < -0.3 is 10.3 Å². The number of benzene rings is 1. The van der Waals surface area contributed by atoms with Gasteiger partial charge in [-0.2, -0.15) is 0 Å². The Hall–Kier alpha value is -1.94. The van der Waals surface area contributed by atoms with Gasteiger partial charge in [0.1, 0.15) is 5.82 Å². The molecule has 1 saturated heterocycles. The third kappa shape index (κ3) is 1.87. The van der Waals surface area contributed by atoms with Crippen LogP contribution >= 0.6 is 0 Å². The van der Waals surface area contributed by atoms with Crippen LogP contribution in [-0.4, -0.2) is 23.1 Å². The molecule has 1 aromatic carbocycles. The Balaban J connectivity index is 1.99. The van der Waals surface area contributed by atoms with Crippen LogP contribution in [0.25, 0.3) is 11.1 Å². The molecule has 0 spiro atoms. The van der Waals surface area contributed by atoms with E-state index in [2.05, 4.69) is 15.3 Å². The fourth-order valence-electron chi connectivity index (χ4n) is 1.92. The first kappa shape index (κ1) is 10.2. The Bertz CT molecular complexity index is 573. The van der Waals surface area contributed by atoms with Crippen molar-refractivity contribution in [3.8, 4) is 11.1 Å². The van der Waals surface area contributed by atoms with Crippen LogP contribution in [0, 0.1) is 0 Å². The molecule has 0 unspecified atom stereocenters. The molecule has 0 saturated carbocycles. The summed E-state index contributed by atoms with van der Waals surface area (Å²) in [5.74, 6) is 1.14. The Labute approximate surface area is 98.7 Å². The van der Waals surface area contributed by atoms with Crippen LogP contribution in [0.3, 0.4) is 0 Å². The first-order valence-corrected chi connectivity index (χ1v) is 5.70. The van der Waals surface area contributed by atoms with Crippen molar-refractivity contribution in [1.82, 2.24) is 15.3 Å². The average Bonchev–Trinajstić information content (AvgIpc) is 2.28. The number of hydrogen-bond acceptors (Lipinski definition) is 3. The Kier molecular flexibility index (Phi) is 2.49. The summed E-state index contributed by atoms with van der Waals surface area (Å²) in [5, 5.41) is 3.16. The highest BCUT2D eigenvalue weighted by molar-refractivity contribution is 5.60. The van der Waals surface area contributed by atoms with Crippen LogP contribution < -0.4 is 10.9 Å². The molecule has 4 nitrogen and oxygen atoms in total. The number of nitrogens with zero attached hydrogens (tertiary/aromatic N) is 1. The summed E-state index contributed by atoms with van der Waals surface area (Å²) < 4.78 is 0. The lowest BCUT2D eigenvalue weighted by atomic mass is 10.0. The first-order valence-electron chi connectivity index (χ1n) is 5.70. The summed E-state index contributed by atoms with van der Waals surface area (Å²) in [5.41, 5.74) is 1.47. The smallest absolute Gasteiger partial charge is 0.258 e. The number of H-pyrrole nitrogens is 1. The highest BCUT2D eigenvalue weighted by Gasteiger charge is 2.21. The second-order valence-electron chi connectivity index (χ2n) is 4.23. The lowest BCUT2D eigenvalue weighted by molar-refractivity contribution is 0.429. The summed E-state index contributed by atoms with van der Waals surface area (Å²) >= 11 is 0. The average molecular weight is 227 g/mol. The number of aromatic nitrogens is 2. The second kappa shape index (κ2) is 4.14. The van der Waals surface area contributed by atoms with Crippen molar-refractivity contribution < 1.29 is 0 Å². The number of aromatic amines is 1. The van der Waals surface area contributed by atoms with Crippen LogP contribution in [0.4, 0.5) is 0 Å². The molecule has 2 N–H and O–H groups in total. The van der Waals surface area contributed by atoms with E-state index in [0.717, 1.165) is 24.5 Å². The molecule has 3 rings (SSSR count). The molecule has 0 aliphatic carbocycles. The van der Waals surface area contributed by atoms with Gasteiger partial charge >= 0.3 is 0 Å². The topological polar surface area (TPSA) is 57.8 Å². The van der Waals surface area contributed by atoms with Crippen molar-refractivity contribution in [3.63, 3.8) is 0 Å². The van der Waals surface area contributed by atoms with E-state index in [9.17, 15) is 4.79 Å². The van der Waals surface area contributed by atoms with Crippen molar-refractivity contribution in [3.05, 3.63) is 52.7 Å². The van der Waals surface area contributed by atoms with E-state index in [1.807, 2.05) is 30.3 Å². The van der Waals surface area contributed by atoms with Gasteiger partial charge in [0.15, 0.2) is 0 Å². The maximum absolute atomic E-state index is 12.0. The quantitative estimate of drug-likeness (QED) is 0.808. The van der Waals surface area contributed by atoms with E-state index in [4.69, 9.17) is 0 Å². The van der Waals surface area contributed by atoms with Gasteiger partial charge in [0.2, 0.25) is 0 Å². The van der Waals surface area contributed by atoms with E-state index >= 15 is 0 Å². The molecular weight excluding hydrogens is 214 g/mol. The van der Waals surface area contributed by atoms with Gasteiger partial charge in [-0.1, -0.05) is 30.3 Å². The van der Waals surface area contributed by atoms with Crippen molar-refractivity contribution in [1.29, 1.82) is 0 Å². The van der Waals surface area contributed by atoms with Crippen LogP contribution in [0.15, 0.2) is 41.3 Å². The van der Waals surface area contributed by atoms with Gasteiger partial charge in [-0.15, -0.1) is 0 Å². The molecule has 0 bridgehead atoms. The largest absolute Gasteiger partial charge is 0.315 e. The van der Waals surface area contributed by atoms with Crippen LogP contribution in [0.5, 0.6) is 0 Å².